The van der Waals surface area contributed by atoms with E-state index in [2.05, 4.69) is 35.6 Å². The van der Waals surface area contributed by atoms with Gasteiger partial charge in [0.2, 0.25) is 0 Å². The molecule has 1 aliphatic heterocycles. The van der Waals surface area contributed by atoms with E-state index in [1.807, 2.05) is 42.5 Å². The Balaban J connectivity index is 1.69. The lowest BCUT2D eigenvalue weighted by molar-refractivity contribution is -0.140. The summed E-state index contributed by atoms with van der Waals surface area (Å²) in [6, 6.07) is 20.5. The lowest BCUT2D eigenvalue weighted by Crippen LogP contribution is -2.35. The maximum absolute atomic E-state index is 13.7. The molecule has 4 rings (SSSR count). The Hall–Kier alpha value is -3.95. The number of carbonyl (C=O) groups is 2. The van der Waals surface area contributed by atoms with Crippen molar-refractivity contribution in [3.05, 3.63) is 92.2 Å². The molecular formula is C30H26IN3O5S. The van der Waals surface area contributed by atoms with E-state index in [1.165, 1.54) is 24.0 Å². The number of hydrogen-bond donors (Lipinski definition) is 0. The number of amides is 1. The van der Waals surface area contributed by atoms with Gasteiger partial charge in [0.1, 0.15) is 18.8 Å². The number of nitriles is 1. The van der Waals surface area contributed by atoms with Gasteiger partial charge in [0, 0.05) is 5.56 Å². The van der Waals surface area contributed by atoms with Crippen molar-refractivity contribution in [2.45, 2.75) is 20.0 Å². The molecule has 1 amide bonds. The van der Waals surface area contributed by atoms with Gasteiger partial charge in [0.25, 0.3) is 5.91 Å². The summed E-state index contributed by atoms with van der Waals surface area (Å²) in [4.78, 5) is 28.8. The number of carbonyl (C=O) groups excluding carboxylic acids is 2. The van der Waals surface area contributed by atoms with Crippen molar-refractivity contribution < 1.29 is 23.8 Å². The number of hydrogen-bond acceptors (Lipinski definition) is 7. The molecule has 0 atom stereocenters. The van der Waals surface area contributed by atoms with Crippen LogP contribution in [-0.2, 0) is 27.4 Å². The zero-order chi connectivity index (χ0) is 28.8. The van der Waals surface area contributed by atoms with Crippen LogP contribution in [-0.4, -0.2) is 42.7 Å². The first-order valence-electron chi connectivity index (χ1n) is 12.3. The Kier molecular flexibility index (Phi) is 9.39. The van der Waals surface area contributed by atoms with E-state index in [0.29, 0.717) is 28.3 Å². The summed E-state index contributed by atoms with van der Waals surface area (Å²) >= 11 is 7.79. The molecule has 0 spiro atoms. The van der Waals surface area contributed by atoms with E-state index in [0.717, 1.165) is 21.1 Å². The van der Waals surface area contributed by atoms with Crippen LogP contribution in [0.3, 0.4) is 0 Å². The van der Waals surface area contributed by atoms with Crippen LogP contribution in [0.1, 0.15) is 29.2 Å². The molecule has 10 heteroatoms. The first kappa shape index (κ1) is 29.0. The maximum Gasteiger partial charge on any atom is 0.325 e. The number of halogens is 1. The van der Waals surface area contributed by atoms with Crippen molar-refractivity contribution in [3.8, 4) is 17.6 Å². The fraction of sp³-hybridized carbons (Fsp3) is 0.200. The van der Waals surface area contributed by atoms with Crippen LogP contribution in [0.5, 0.6) is 11.5 Å². The van der Waals surface area contributed by atoms with Gasteiger partial charge in [0.05, 0.1) is 35.1 Å². The SMILES string of the molecule is CCc1ccc(N2C(=O)/C(=C/c3cc(I)c(OCc4ccccc4C#N)c(OC)c3)N(CC(=O)OC)C2=S)cc1. The lowest BCUT2D eigenvalue weighted by atomic mass is 10.1. The van der Waals surface area contributed by atoms with E-state index in [4.69, 9.17) is 26.4 Å². The Morgan fingerprint density at radius 1 is 1.12 bits per heavy atom. The molecule has 1 aliphatic rings. The predicted octanol–water partition coefficient (Wildman–Crippen LogP) is 5.46. The molecule has 204 valence electrons. The average molecular weight is 668 g/mol. The van der Waals surface area contributed by atoms with E-state index in [1.54, 1.807) is 24.3 Å². The molecule has 0 aromatic heterocycles. The molecule has 40 heavy (non-hydrogen) atoms. The molecule has 8 nitrogen and oxygen atoms in total. The predicted molar refractivity (Wildman–Crippen MR) is 164 cm³/mol. The molecule has 0 saturated carbocycles. The third-order valence-corrected chi connectivity index (χ3v) is 7.52. The number of thiocarbonyl (C=S) groups is 1. The fourth-order valence-electron chi connectivity index (χ4n) is 4.16. The van der Waals surface area contributed by atoms with Crippen LogP contribution in [0.4, 0.5) is 5.69 Å². The van der Waals surface area contributed by atoms with Crippen molar-refractivity contribution in [2.24, 2.45) is 0 Å². The number of esters is 1. The van der Waals surface area contributed by atoms with Gasteiger partial charge in [-0.3, -0.25) is 14.5 Å². The summed E-state index contributed by atoms with van der Waals surface area (Å²) in [5.74, 6) is 0.0708. The van der Waals surface area contributed by atoms with E-state index < -0.39 is 5.97 Å². The molecule has 1 fully saturated rings. The number of ether oxygens (including phenoxy) is 3. The molecule has 0 unspecified atom stereocenters. The molecule has 0 N–H and O–H groups in total. The van der Waals surface area contributed by atoms with Gasteiger partial charge >= 0.3 is 5.97 Å². The quantitative estimate of drug-likeness (QED) is 0.129. The second-order valence-electron chi connectivity index (χ2n) is 8.73. The summed E-state index contributed by atoms with van der Waals surface area (Å²) < 4.78 is 17.3. The molecule has 1 saturated heterocycles. The number of nitrogens with zero attached hydrogens (tertiary/aromatic N) is 3. The maximum atomic E-state index is 13.7. The Bertz CT molecular complexity index is 1530. The van der Waals surface area contributed by atoms with E-state index in [9.17, 15) is 14.9 Å². The summed E-state index contributed by atoms with van der Waals surface area (Å²) in [5, 5.41) is 9.56. The Labute approximate surface area is 251 Å². The zero-order valence-corrected chi connectivity index (χ0v) is 25.1. The first-order chi connectivity index (χ1) is 19.3. The zero-order valence-electron chi connectivity index (χ0n) is 22.1. The summed E-state index contributed by atoms with van der Waals surface area (Å²) in [7, 11) is 2.81. The molecule has 0 bridgehead atoms. The lowest BCUT2D eigenvalue weighted by Gasteiger charge is -2.19. The van der Waals surface area contributed by atoms with Crippen LogP contribution < -0.4 is 14.4 Å². The minimum absolute atomic E-state index is 0.183. The van der Waals surface area contributed by atoms with Gasteiger partial charge in [-0.25, -0.2) is 0 Å². The summed E-state index contributed by atoms with van der Waals surface area (Å²) in [6.07, 6.45) is 2.53. The molecule has 0 radical (unpaired) electrons. The van der Waals surface area contributed by atoms with Gasteiger partial charge in [0.15, 0.2) is 16.6 Å². The highest BCUT2D eigenvalue weighted by atomic mass is 127. The van der Waals surface area contributed by atoms with Gasteiger partial charge < -0.3 is 19.1 Å². The second-order valence-corrected chi connectivity index (χ2v) is 10.3. The number of benzene rings is 3. The van der Waals surface area contributed by atoms with E-state index in [-0.39, 0.29) is 29.9 Å². The fourth-order valence-corrected chi connectivity index (χ4v) is 5.29. The highest BCUT2D eigenvalue weighted by Gasteiger charge is 2.40. The average Bonchev–Trinajstić information content (AvgIpc) is 3.20. The smallest absolute Gasteiger partial charge is 0.325 e. The number of rotatable bonds is 9. The third kappa shape index (κ3) is 6.11. The van der Waals surface area contributed by atoms with Crippen molar-refractivity contribution in [1.29, 1.82) is 5.26 Å². The van der Waals surface area contributed by atoms with Crippen molar-refractivity contribution >= 4 is 63.6 Å². The van der Waals surface area contributed by atoms with Gasteiger partial charge in [-0.05, 0) is 88.8 Å². The van der Waals surface area contributed by atoms with Gasteiger partial charge in [-0.2, -0.15) is 5.26 Å². The summed E-state index contributed by atoms with van der Waals surface area (Å²) in [6.45, 7) is 2.02. The van der Waals surface area contributed by atoms with Crippen LogP contribution in [0.15, 0.2) is 66.4 Å². The highest BCUT2D eigenvalue weighted by Crippen LogP contribution is 2.37. The third-order valence-electron chi connectivity index (χ3n) is 6.32. The van der Waals surface area contributed by atoms with Crippen LogP contribution in [0, 0.1) is 14.9 Å². The molecular weight excluding hydrogens is 641 g/mol. The normalized spacial score (nSPS) is 13.9. The number of methoxy groups -OCH3 is 2. The molecule has 1 heterocycles. The molecule has 0 aliphatic carbocycles. The minimum Gasteiger partial charge on any atom is -0.493 e. The standard InChI is InChI=1S/C30H26IN3O5S/c1-4-19-9-11-23(12-10-19)34-29(36)25(33(30(34)40)17-27(35)38-3)14-20-13-24(31)28(26(15-20)37-2)39-18-22-8-6-5-7-21(22)16-32/h5-15H,4,17-18H2,1-3H3/b25-14-. The van der Waals surface area contributed by atoms with Crippen LogP contribution >= 0.6 is 34.8 Å². The topological polar surface area (TPSA) is 92.1 Å². The highest BCUT2D eigenvalue weighted by molar-refractivity contribution is 14.1. The van der Waals surface area contributed by atoms with Crippen molar-refractivity contribution in [2.75, 3.05) is 25.7 Å². The largest absolute Gasteiger partial charge is 0.493 e. The molecule has 3 aromatic carbocycles. The monoisotopic (exact) mass is 667 g/mol. The van der Waals surface area contributed by atoms with E-state index >= 15 is 0 Å². The minimum atomic E-state index is -0.530. The van der Waals surface area contributed by atoms with Crippen molar-refractivity contribution in [1.82, 2.24) is 4.90 Å². The first-order valence-corrected chi connectivity index (χ1v) is 13.8. The van der Waals surface area contributed by atoms with Gasteiger partial charge in [-0.15, -0.1) is 0 Å². The number of aryl methyl sites for hydroxylation is 1. The number of anilines is 1. The second kappa shape index (κ2) is 12.9. The Morgan fingerprint density at radius 3 is 2.50 bits per heavy atom. The van der Waals surface area contributed by atoms with Crippen molar-refractivity contribution in [3.63, 3.8) is 0 Å². The molecule has 3 aromatic rings. The van der Waals surface area contributed by atoms with Gasteiger partial charge in [-0.1, -0.05) is 37.3 Å². The van der Waals surface area contributed by atoms with Crippen LogP contribution in [0.25, 0.3) is 6.08 Å². The Morgan fingerprint density at radius 2 is 1.85 bits per heavy atom. The van der Waals surface area contributed by atoms with Crippen LogP contribution in [0.2, 0.25) is 0 Å². The summed E-state index contributed by atoms with van der Waals surface area (Å²) in [5.41, 5.74) is 3.90.